The Morgan fingerprint density at radius 1 is 1.17 bits per heavy atom. The summed E-state index contributed by atoms with van der Waals surface area (Å²) in [5.41, 5.74) is 0. The van der Waals surface area contributed by atoms with Gasteiger partial charge in [-0.25, -0.2) is 0 Å². The van der Waals surface area contributed by atoms with Crippen molar-refractivity contribution in [3.8, 4) is 0 Å². The maximum atomic E-state index is 5.87. The molecule has 0 aliphatic rings. The standard InChI is InChI=1S/C10H24OSi/c1-4-7-8-10(6-3)11-12-9-5-2/h10H,4-9,12H2,1-3H3. The molecule has 0 heterocycles. The second-order valence-corrected chi connectivity index (χ2v) is 4.85. The predicted octanol–water partition coefficient (Wildman–Crippen LogP) is 2.88. The Balaban J connectivity index is 3.26. The maximum Gasteiger partial charge on any atom is 0.161 e. The number of rotatable bonds is 8. The van der Waals surface area contributed by atoms with Crippen LogP contribution < -0.4 is 0 Å². The summed E-state index contributed by atoms with van der Waals surface area (Å²) in [5, 5.41) is 0. The molecular weight excluding hydrogens is 164 g/mol. The third kappa shape index (κ3) is 6.86. The predicted molar refractivity (Wildman–Crippen MR) is 58.3 cm³/mol. The molecule has 1 nitrogen and oxygen atoms in total. The average molecular weight is 188 g/mol. The fourth-order valence-corrected chi connectivity index (χ4v) is 2.42. The van der Waals surface area contributed by atoms with E-state index in [-0.39, 0.29) is 9.76 Å². The summed E-state index contributed by atoms with van der Waals surface area (Å²) in [6.07, 6.45) is 7.01. The molecule has 0 radical (unpaired) electrons. The molecule has 2 heteroatoms. The molecule has 0 fully saturated rings. The normalized spacial score (nSPS) is 14.2. The largest absolute Gasteiger partial charge is 0.421 e. The lowest BCUT2D eigenvalue weighted by Gasteiger charge is -2.15. The van der Waals surface area contributed by atoms with E-state index in [1.807, 2.05) is 0 Å². The summed E-state index contributed by atoms with van der Waals surface area (Å²) < 4.78 is 5.87. The van der Waals surface area contributed by atoms with E-state index < -0.39 is 0 Å². The van der Waals surface area contributed by atoms with Gasteiger partial charge in [-0.2, -0.15) is 0 Å². The Morgan fingerprint density at radius 3 is 2.42 bits per heavy atom. The minimum Gasteiger partial charge on any atom is -0.421 e. The van der Waals surface area contributed by atoms with Crippen molar-refractivity contribution < 1.29 is 4.43 Å². The van der Waals surface area contributed by atoms with Crippen molar-refractivity contribution >= 4 is 9.76 Å². The van der Waals surface area contributed by atoms with E-state index in [0.29, 0.717) is 6.10 Å². The lowest BCUT2D eigenvalue weighted by Crippen LogP contribution is -2.14. The molecule has 12 heavy (non-hydrogen) atoms. The summed E-state index contributed by atoms with van der Waals surface area (Å²) in [7, 11) is -0.175. The molecule has 1 unspecified atom stereocenters. The lowest BCUT2D eigenvalue weighted by molar-refractivity contribution is 0.192. The topological polar surface area (TPSA) is 9.23 Å². The SMILES string of the molecule is CCCCC(CC)O[SiH2]CCC. The Morgan fingerprint density at radius 2 is 1.92 bits per heavy atom. The highest BCUT2D eigenvalue weighted by molar-refractivity contribution is 6.27. The first-order valence-electron chi connectivity index (χ1n) is 5.46. The van der Waals surface area contributed by atoms with Gasteiger partial charge < -0.3 is 4.43 Å². The van der Waals surface area contributed by atoms with E-state index in [4.69, 9.17) is 4.43 Å². The van der Waals surface area contributed by atoms with Gasteiger partial charge in [0.1, 0.15) is 0 Å². The second-order valence-electron chi connectivity index (χ2n) is 3.40. The smallest absolute Gasteiger partial charge is 0.161 e. The van der Waals surface area contributed by atoms with Crippen molar-refractivity contribution in [2.75, 3.05) is 0 Å². The number of hydrogen-bond acceptors (Lipinski definition) is 1. The molecule has 0 spiro atoms. The zero-order valence-corrected chi connectivity index (χ0v) is 10.3. The van der Waals surface area contributed by atoms with Crippen LogP contribution in [0.4, 0.5) is 0 Å². The first-order chi connectivity index (χ1) is 5.85. The van der Waals surface area contributed by atoms with Crippen LogP contribution in [0.1, 0.15) is 52.9 Å². The molecule has 0 aliphatic carbocycles. The molecule has 74 valence electrons. The highest BCUT2D eigenvalue weighted by Crippen LogP contribution is 2.08. The molecule has 0 aromatic carbocycles. The summed E-state index contributed by atoms with van der Waals surface area (Å²) in [4.78, 5) is 0. The maximum absolute atomic E-state index is 5.87. The van der Waals surface area contributed by atoms with Crippen LogP contribution in [0.5, 0.6) is 0 Å². The Hall–Kier alpha value is 0.177. The van der Waals surface area contributed by atoms with Crippen LogP contribution in [-0.4, -0.2) is 15.9 Å². The monoisotopic (exact) mass is 188 g/mol. The van der Waals surface area contributed by atoms with E-state index >= 15 is 0 Å². The van der Waals surface area contributed by atoms with Crippen LogP contribution >= 0.6 is 0 Å². The average Bonchev–Trinajstić information content (AvgIpc) is 2.11. The highest BCUT2D eigenvalue weighted by Gasteiger charge is 2.04. The Kier molecular flexibility index (Phi) is 9.40. The van der Waals surface area contributed by atoms with Gasteiger partial charge in [0.25, 0.3) is 0 Å². The van der Waals surface area contributed by atoms with Crippen molar-refractivity contribution in [1.29, 1.82) is 0 Å². The molecule has 0 saturated carbocycles. The third-order valence-corrected chi connectivity index (χ3v) is 3.89. The summed E-state index contributed by atoms with van der Waals surface area (Å²) >= 11 is 0. The van der Waals surface area contributed by atoms with Crippen LogP contribution in [0.3, 0.4) is 0 Å². The van der Waals surface area contributed by atoms with Crippen LogP contribution in [0, 0.1) is 0 Å². The lowest BCUT2D eigenvalue weighted by atomic mass is 10.1. The van der Waals surface area contributed by atoms with Crippen molar-refractivity contribution in [3.05, 3.63) is 0 Å². The molecule has 0 rings (SSSR count). The van der Waals surface area contributed by atoms with Crippen molar-refractivity contribution in [1.82, 2.24) is 0 Å². The quantitative estimate of drug-likeness (QED) is 0.420. The van der Waals surface area contributed by atoms with E-state index in [9.17, 15) is 0 Å². The van der Waals surface area contributed by atoms with E-state index in [2.05, 4.69) is 20.8 Å². The van der Waals surface area contributed by atoms with Crippen LogP contribution in [0.25, 0.3) is 0 Å². The first kappa shape index (κ1) is 12.2. The molecule has 0 N–H and O–H groups in total. The van der Waals surface area contributed by atoms with Crippen molar-refractivity contribution in [3.63, 3.8) is 0 Å². The summed E-state index contributed by atoms with van der Waals surface area (Å²) in [5.74, 6) is 0. The Labute approximate surface area is 79.8 Å². The molecule has 0 aromatic rings. The Bertz CT molecular complexity index is 85.9. The fourth-order valence-electron chi connectivity index (χ4n) is 1.23. The van der Waals surface area contributed by atoms with Gasteiger partial charge in [0.05, 0.1) is 0 Å². The van der Waals surface area contributed by atoms with E-state index in [1.54, 1.807) is 0 Å². The molecule has 0 aliphatic heterocycles. The van der Waals surface area contributed by atoms with Crippen LogP contribution in [0.2, 0.25) is 6.04 Å². The molecule has 1 atom stereocenters. The van der Waals surface area contributed by atoms with Crippen LogP contribution in [-0.2, 0) is 4.43 Å². The van der Waals surface area contributed by atoms with Gasteiger partial charge in [0, 0.05) is 6.10 Å². The first-order valence-corrected chi connectivity index (χ1v) is 7.04. The molecule has 0 saturated heterocycles. The molecule has 0 bridgehead atoms. The van der Waals surface area contributed by atoms with Gasteiger partial charge in [-0.3, -0.25) is 0 Å². The minimum absolute atomic E-state index is 0.175. The van der Waals surface area contributed by atoms with Crippen molar-refractivity contribution in [2.45, 2.75) is 65.0 Å². The summed E-state index contributed by atoms with van der Waals surface area (Å²) in [6, 6.07) is 1.35. The van der Waals surface area contributed by atoms with E-state index in [1.165, 1.54) is 38.1 Å². The molecule has 0 amide bonds. The minimum atomic E-state index is -0.175. The van der Waals surface area contributed by atoms with Gasteiger partial charge in [-0.05, 0) is 18.9 Å². The van der Waals surface area contributed by atoms with Gasteiger partial charge >= 0.3 is 0 Å². The zero-order valence-electron chi connectivity index (χ0n) is 8.94. The number of unbranched alkanes of at least 4 members (excludes halogenated alkanes) is 1. The van der Waals surface area contributed by atoms with E-state index in [0.717, 1.165) is 0 Å². The number of hydrogen-bond donors (Lipinski definition) is 0. The third-order valence-electron chi connectivity index (χ3n) is 2.19. The fraction of sp³-hybridized carbons (Fsp3) is 1.00. The molecule has 0 aromatic heterocycles. The summed E-state index contributed by atoms with van der Waals surface area (Å²) in [6.45, 7) is 6.72. The van der Waals surface area contributed by atoms with Gasteiger partial charge in [-0.15, -0.1) is 0 Å². The van der Waals surface area contributed by atoms with Crippen LogP contribution in [0.15, 0.2) is 0 Å². The molecular formula is C10H24OSi. The highest BCUT2D eigenvalue weighted by atomic mass is 28.2. The van der Waals surface area contributed by atoms with Gasteiger partial charge in [-0.1, -0.05) is 40.0 Å². The zero-order chi connectivity index (χ0) is 9.23. The van der Waals surface area contributed by atoms with Gasteiger partial charge in [0.2, 0.25) is 0 Å². The van der Waals surface area contributed by atoms with Gasteiger partial charge in [0.15, 0.2) is 9.76 Å². The second kappa shape index (κ2) is 9.27. The van der Waals surface area contributed by atoms with Crippen molar-refractivity contribution in [2.24, 2.45) is 0 Å².